The minimum absolute atomic E-state index is 0.0523. The van der Waals surface area contributed by atoms with E-state index in [1.165, 1.54) is 17.8 Å². The van der Waals surface area contributed by atoms with Crippen LogP contribution in [0.15, 0.2) is 42.7 Å². The Balaban J connectivity index is 2.15. The van der Waals surface area contributed by atoms with Gasteiger partial charge < -0.3 is 5.73 Å². The van der Waals surface area contributed by atoms with Crippen molar-refractivity contribution in [1.82, 2.24) is 4.98 Å². The molecule has 0 aliphatic heterocycles. The van der Waals surface area contributed by atoms with E-state index in [1.54, 1.807) is 6.20 Å². The molecule has 1 heterocycles. The number of nitrogens with zero attached hydrogens (tertiary/aromatic N) is 1. The first-order chi connectivity index (χ1) is 9.56. The second-order valence-corrected chi connectivity index (χ2v) is 5.02. The molecule has 0 aliphatic rings. The van der Waals surface area contributed by atoms with E-state index in [9.17, 15) is 8.78 Å². The van der Waals surface area contributed by atoms with Gasteiger partial charge in [-0.1, -0.05) is 24.3 Å². The van der Waals surface area contributed by atoms with Gasteiger partial charge in [-0.3, -0.25) is 4.98 Å². The first-order valence-electron chi connectivity index (χ1n) is 6.64. The van der Waals surface area contributed by atoms with Crippen LogP contribution in [0.25, 0.3) is 11.1 Å². The van der Waals surface area contributed by atoms with Crippen molar-refractivity contribution in [3.05, 3.63) is 53.9 Å². The summed E-state index contributed by atoms with van der Waals surface area (Å²) in [6.07, 6.45) is 2.16. The third-order valence-electron chi connectivity index (χ3n) is 3.19. The van der Waals surface area contributed by atoms with Gasteiger partial charge >= 0.3 is 0 Å². The summed E-state index contributed by atoms with van der Waals surface area (Å²) in [5, 5.41) is 0. The molecule has 0 fully saturated rings. The standard InChI is InChI=1S/C16H18F2N2/c1-11(19)2-3-12-4-6-13(7-5-12)14-8-15(16(17)18)10-20-9-14/h4-11,16H,2-3,19H2,1H3/t11-/m0/s1. The zero-order valence-corrected chi connectivity index (χ0v) is 11.4. The summed E-state index contributed by atoms with van der Waals surface area (Å²) in [5.41, 5.74) is 8.48. The van der Waals surface area contributed by atoms with Crippen LogP contribution in [0.1, 0.15) is 30.9 Å². The van der Waals surface area contributed by atoms with Gasteiger partial charge in [-0.05, 0) is 37.0 Å². The van der Waals surface area contributed by atoms with Gasteiger partial charge in [-0.15, -0.1) is 0 Å². The predicted molar refractivity (Wildman–Crippen MR) is 76.6 cm³/mol. The molecule has 2 rings (SSSR count). The highest BCUT2D eigenvalue weighted by Crippen LogP contribution is 2.25. The molecular formula is C16H18F2N2. The first-order valence-corrected chi connectivity index (χ1v) is 6.64. The second kappa shape index (κ2) is 6.57. The molecule has 4 heteroatoms. The van der Waals surface area contributed by atoms with Crippen LogP contribution in [0.4, 0.5) is 8.78 Å². The maximum absolute atomic E-state index is 12.7. The molecule has 1 aromatic heterocycles. The number of rotatable bonds is 5. The number of pyridine rings is 1. The highest BCUT2D eigenvalue weighted by Gasteiger charge is 2.08. The number of alkyl halides is 2. The van der Waals surface area contributed by atoms with Crippen molar-refractivity contribution in [1.29, 1.82) is 0 Å². The van der Waals surface area contributed by atoms with E-state index in [0.717, 1.165) is 18.4 Å². The van der Waals surface area contributed by atoms with E-state index in [1.807, 2.05) is 31.2 Å². The smallest absolute Gasteiger partial charge is 0.265 e. The molecule has 2 N–H and O–H groups in total. The molecule has 0 saturated heterocycles. The van der Waals surface area contributed by atoms with Crippen molar-refractivity contribution in [3.63, 3.8) is 0 Å². The average molecular weight is 276 g/mol. The number of aromatic nitrogens is 1. The lowest BCUT2D eigenvalue weighted by molar-refractivity contribution is 0.151. The summed E-state index contributed by atoms with van der Waals surface area (Å²) in [6, 6.07) is 9.54. The lowest BCUT2D eigenvalue weighted by atomic mass is 10.0. The molecule has 1 aromatic carbocycles. The van der Waals surface area contributed by atoms with Crippen LogP contribution < -0.4 is 5.73 Å². The molecule has 0 unspecified atom stereocenters. The summed E-state index contributed by atoms with van der Waals surface area (Å²) in [6.45, 7) is 1.98. The monoisotopic (exact) mass is 276 g/mol. The van der Waals surface area contributed by atoms with Crippen LogP contribution in [0, 0.1) is 0 Å². The number of hydrogen-bond donors (Lipinski definition) is 1. The van der Waals surface area contributed by atoms with Crippen LogP contribution in [-0.2, 0) is 6.42 Å². The van der Waals surface area contributed by atoms with E-state index < -0.39 is 6.43 Å². The van der Waals surface area contributed by atoms with Gasteiger partial charge in [0.1, 0.15) is 0 Å². The maximum Gasteiger partial charge on any atom is 0.265 e. The Labute approximate surface area is 117 Å². The number of hydrogen-bond acceptors (Lipinski definition) is 2. The molecule has 0 spiro atoms. The Morgan fingerprint density at radius 2 is 1.80 bits per heavy atom. The van der Waals surface area contributed by atoms with Crippen molar-refractivity contribution in [2.24, 2.45) is 5.73 Å². The number of aryl methyl sites for hydroxylation is 1. The molecule has 0 radical (unpaired) electrons. The number of benzene rings is 1. The van der Waals surface area contributed by atoms with Gasteiger partial charge in [-0.2, -0.15) is 0 Å². The largest absolute Gasteiger partial charge is 0.328 e. The fraction of sp³-hybridized carbons (Fsp3) is 0.312. The second-order valence-electron chi connectivity index (χ2n) is 5.02. The Morgan fingerprint density at radius 1 is 1.10 bits per heavy atom. The van der Waals surface area contributed by atoms with Crippen LogP contribution in [0.5, 0.6) is 0 Å². The van der Waals surface area contributed by atoms with E-state index in [-0.39, 0.29) is 11.6 Å². The first kappa shape index (κ1) is 14.6. The third kappa shape index (κ3) is 3.84. The van der Waals surface area contributed by atoms with Crippen molar-refractivity contribution >= 4 is 0 Å². The fourth-order valence-electron chi connectivity index (χ4n) is 1.99. The highest BCUT2D eigenvalue weighted by molar-refractivity contribution is 5.63. The van der Waals surface area contributed by atoms with Gasteiger partial charge in [0.25, 0.3) is 6.43 Å². The van der Waals surface area contributed by atoms with E-state index in [4.69, 9.17) is 5.73 Å². The van der Waals surface area contributed by atoms with Gasteiger partial charge in [-0.25, -0.2) is 8.78 Å². The van der Waals surface area contributed by atoms with Crippen LogP contribution in [-0.4, -0.2) is 11.0 Å². The quantitative estimate of drug-likeness (QED) is 0.897. The van der Waals surface area contributed by atoms with Crippen LogP contribution >= 0.6 is 0 Å². The third-order valence-corrected chi connectivity index (χ3v) is 3.19. The Hall–Kier alpha value is -1.81. The molecule has 0 bridgehead atoms. The van der Waals surface area contributed by atoms with Crippen molar-refractivity contribution in [3.8, 4) is 11.1 Å². The SMILES string of the molecule is C[C@H](N)CCc1ccc(-c2cncc(C(F)F)c2)cc1. The summed E-state index contributed by atoms with van der Waals surface area (Å²) < 4.78 is 25.3. The topological polar surface area (TPSA) is 38.9 Å². The number of halogens is 2. The molecule has 2 aromatic rings. The van der Waals surface area contributed by atoms with E-state index in [2.05, 4.69) is 4.98 Å². The lowest BCUT2D eigenvalue weighted by Crippen LogP contribution is -2.15. The molecule has 0 amide bonds. The zero-order valence-electron chi connectivity index (χ0n) is 11.4. The molecule has 106 valence electrons. The normalized spacial score (nSPS) is 12.7. The van der Waals surface area contributed by atoms with Crippen molar-refractivity contribution in [2.75, 3.05) is 0 Å². The molecule has 1 atom stereocenters. The van der Waals surface area contributed by atoms with Gasteiger partial charge in [0.15, 0.2) is 0 Å². The summed E-state index contributed by atoms with van der Waals surface area (Å²) in [4.78, 5) is 3.87. The summed E-state index contributed by atoms with van der Waals surface area (Å²) in [5.74, 6) is 0. The Bertz CT molecular complexity index is 551. The average Bonchev–Trinajstić information content (AvgIpc) is 2.46. The van der Waals surface area contributed by atoms with Gasteiger partial charge in [0, 0.05) is 29.6 Å². The molecule has 20 heavy (non-hydrogen) atoms. The maximum atomic E-state index is 12.7. The van der Waals surface area contributed by atoms with Crippen molar-refractivity contribution in [2.45, 2.75) is 32.2 Å². The van der Waals surface area contributed by atoms with Gasteiger partial charge in [0.05, 0.1) is 0 Å². The van der Waals surface area contributed by atoms with E-state index >= 15 is 0 Å². The zero-order chi connectivity index (χ0) is 14.5. The van der Waals surface area contributed by atoms with E-state index in [0.29, 0.717) is 5.56 Å². The molecule has 0 aliphatic carbocycles. The Morgan fingerprint density at radius 3 is 2.40 bits per heavy atom. The molecular weight excluding hydrogens is 258 g/mol. The predicted octanol–water partition coefficient (Wildman–Crippen LogP) is 3.97. The van der Waals surface area contributed by atoms with Crippen molar-refractivity contribution < 1.29 is 8.78 Å². The fourth-order valence-corrected chi connectivity index (χ4v) is 1.99. The summed E-state index contributed by atoms with van der Waals surface area (Å²) in [7, 11) is 0. The minimum atomic E-state index is -2.49. The van der Waals surface area contributed by atoms with Crippen LogP contribution in [0.3, 0.4) is 0 Å². The highest BCUT2D eigenvalue weighted by atomic mass is 19.3. The minimum Gasteiger partial charge on any atom is -0.328 e. The van der Waals surface area contributed by atoms with Crippen LogP contribution in [0.2, 0.25) is 0 Å². The lowest BCUT2D eigenvalue weighted by Gasteiger charge is -2.07. The molecule has 2 nitrogen and oxygen atoms in total. The van der Waals surface area contributed by atoms with Gasteiger partial charge in [0.2, 0.25) is 0 Å². The molecule has 0 saturated carbocycles. The summed E-state index contributed by atoms with van der Waals surface area (Å²) >= 11 is 0. The Kier molecular flexibility index (Phi) is 4.79. The number of nitrogens with two attached hydrogens (primary N) is 1.